The van der Waals surface area contributed by atoms with Crippen molar-refractivity contribution in [3.63, 3.8) is 0 Å². The highest BCUT2D eigenvalue weighted by molar-refractivity contribution is 5.81. The van der Waals surface area contributed by atoms with Crippen LogP contribution < -0.4 is 10.6 Å². The third kappa shape index (κ3) is 5.75. The summed E-state index contributed by atoms with van der Waals surface area (Å²) in [7, 11) is 0. The smallest absolute Gasteiger partial charge is 0.241 e. The number of rotatable bonds is 7. The van der Waals surface area contributed by atoms with Crippen molar-refractivity contribution in [2.45, 2.75) is 0 Å². The van der Waals surface area contributed by atoms with Gasteiger partial charge in [0.1, 0.15) is 0 Å². The fourth-order valence-corrected chi connectivity index (χ4v) is 2.45. The fourth-order valence-electron chi connectivity index (χ4n) is 2.45. The second-order valence-corrected chi connectivity index (χ2v) is 5.47. The van der Waals surface area contributed by atoms with Gasteiger partial charge in [0, 0.05) is 38.4 Å². The van der Waals surface area contributed by atoms with E-state index in [1.165, 1.54) is 0 Å². The van der Waals surface area contributed by atoms with Crippen LogP contribution in [0.5, 0.6) is 0 Å². The lowest BCUT2D eigenvalue weighted by molar-refractivity contribution is -0.131. The third-order valence-corrected chi connectivity index (χ3v) is 3.75. The SMILES string of the molecule is C=CCNC(=O)CN1CCN(C(=O)CNc2ccccc2)CC1. The van der Waals surface area contributed by atoms with Gasteiger partial charge in [-0.3, -0.25) is 14.5 Å². The van der Waals surface area contributed by atoms with Crippen LogP contribution in [0.25, 0.3) is 0 Å². The average Bonchev–Trinajstić information content (AvgIpc) is 2.59. The molecule has 23 heavy (non-hydrogen) atoms. The summed E-state index contributed by atoms with van der Waals surface area (Å²) in [6.07, 6.45) is 1.66. The number of benzene rings is 1. The van der Waals surface area contributed by atoms with Gasteiger partial charge in [-0.05, 0) is 12.1 Å². The van der Waals surface area contributed by atoms with Crippen molar-refractivity contribution in [2.24, 2.45) is 0 Å². The van der Waals surface area contributed by atoms with Crippen LogP contribution in [0.1, 0.15) is 0 Å². The molecule has 0 aromatic heterocycles. The van der Waals surface area contributed by atoms with Crippen LogP contribution >= 0.6 is 0 Å². The van der Waals surface area contributed by atoms with Gasteiger partial charge in [-0.15, -0.1) is 6.58 Å². The Morgan fingerprint density at radius 3 is 2.48 bits per heavy atom. The Morgan fingerprint density at radius 2 is 1.83 bits per heavy atom. The first-order valence-corrected chi connectivity index (χ1v) is 7.85. The minimum atomic E-state index is -0.00424. The molecule has 1 aliphatic heterocycles. The molecule has 0 saturated carbocycles. The first kappa shape index (κ1) is 17.0. The summed E-state index contributed by atoms with van der Waals surface area (Å²) in [4.78, 5) is 27.8. The first-order chi connectivity index (χ1) is 11.2. The summed E-state index contributed by atoms with van der Waals surface area (Å²) in [6.45, 7) is 7.48. The quantitative estimate of drug-likeness (QED) is 0.721. The molecule has 0 spiro atoms. The molecule has 1 saturated heterocycles. The van der Waals surface area contributed by atoms with E-state index in [9.17, 15) is 9.59 Å². The van der Waals surface area contributed by atoms with Crippen molar-refractivity contribution in [2.75, 3.05) is 51.1 Å². The van der Waals surface area contributed by atoms with Crippen LogP contribution in [-0.4, -0.2) is 67.4 Å². The van der Waals surface area contributed by atoms with E-state index in [2.05, 4.69) is 22.1 Å². The molecule has 1 aliphatic rings. The molecule has 1 fully saturated rings. The van der Waals surface area contributed by atoms with Gasteiger partial charge in [0.15, 0.2) is 0 Å². The standard InChI is InChI=1S/C17H24N4O2/c1-2-8-18-16(22)14-20-9-11-21(12-10-20)17(23)13-19-15-6-4-3-5-7-15/h2-7,19H,1,8-14H2,(H,18,22). The van der Waals surface area contributed by atoms with Gasteiger partial charge in [-0.2, -0.15) is 0 Å². The van der Waals surface area contributed by atoms with E-state index in [1.807, 2.05) is 35.2 Å². The van der Waals surface area contributed by atoms with E-state index in [4.69, 9.17) is 0 Å². The molecule has 0 radical (unpaired) electrons. The van der Waals surface area contributed by atoms with Crippen molar-refractivity contribution in [3.8, 4) is 0 Å². The lowest BCUT2D eigenvalue weighted by Crippen LogP contribution is -2.52. The van der Waals surface area contributed by atoms with Gasteiger partial charge in [-0.1, -0.05) is 24.3 Å². The number of carbonyl (C=O) groups is 2. The van der Waals surface area contributed by atoms with E-state index < -0.39 is 0 Å². The zero-order chi connectivity index (χ0) is 16.5. The second-order valence-electron chi connectivity index (χ2n) is 5.47. The van der Waals surface area contributed by atoms with Crippen LogP contribution in [-0.2, 0) is 9.59 Å². The number of nitrogens with zero attached hydrogens (tertiary/aromatic N) is 2. The molecule has 6 heteroatoms. The molecule has 2 amide bonds. The zero-order valence-corrected chi connectivity index (χ0v) is 13.3. The lowest BCUT2D eigenvalue weighted by atomic mass is 10.3. The van der Waals surface area contributed by atoms with Gasteiger partial charge in [-0.25, -0.2) is 0 Å². The maximum absolute atomic E-state index is 12.2. The van der Waals surface area contributed by atoms with Gasteiger partial charge in [0.25, 0.3) is 0 Å². The molecule has 124 valence electrons. The van der Waals surface area contributed by atoms with Crippen LogP contribution in [0.3, 0.4) is 0 Å². The fraction of sp³-hybridized carbons (Fsp3) is 0.412. The summed E-state index contributed by atoms with van der Waals surface area (Å²) >= 11 is 0. The first-order valence-electron chi connectivity index (χ1n) is 7.85. The van der Waals surface area contributed by atoms with E-state index in [-0.39, 0.29) is 11.8 Å². The van der Waals surface area contributed by atoms with Gasteiger partial charge in [0.2, 0.25) is 11.8 Å². The highest BCUT2D eigenvalue weighted by atomic mass is 16.2. The molecule has 1 heterocycles. The summed E-state index contributed by atoms with van der Waals surface area (Å²) < 4.78 is 0. The number of nitrogens with one attached hydrogen (secondary N) is 2. The molecule has 1 aromatic rings. The Kier molecular flexibility index (Phi) is 6.62. The maximum atomic E-state index is 12.2. The van der Waals surface area contributed by atoms with Crippen molar-refractivity contribution in [3.05, 3.63) is 43.0 Å². The molecule has 0 bridgehead atoms. The van der Waals surface area contributed by atoms with Crippen LogP contribution in [0.2, 0.25) is 0 Å². The highest BCUT2D eigenvalue weighted by Crippen LogP contribution is 2.06. The molecule has 0 unspecified atom stereocenters. The maximum Gasteiger partial charge on any atom is 0.241 e. The number of piperazine rings is 1. The largest absolute Gasteiger partial charge is 0.376 e. The summed E-state index contributed by atoms with van der Waals surface area (Å²) in [5.41, 5.74) is 0.943. The predicted molar refractivity (Wildman–Crippen MR) is 91.2 cm³/mol. The number of anilines is 1. The Morgan fingerprint density at radius 1 is 1.13 bits per heavy atom. The summed E-state index contributed by atoms with van der Waals surface area (Å²) in [6, 6.07) is 9.68. The summed E-state index contributed by atoms with van der Waals surface area (Å²) in [5.74, 6) is 0.0834. The van der Waals surface area contributed by atoms with Crippen molar-refractivity contribution >= 4 is 17.5 Å². The van der Waals surface area contributed by atoms with Gasteiger partial charge in [0.05, 0.1) is 13.1 Å². The molecule has 2 rings (SSSR count). The average molecular weight is 316 g/mol. The second kappa shape index (κ2) is 8.95. The third-order valence-electron chi connectivity index (χ3n) is 3.75. The molecular formula is C17H24N4O2. The van der Waals surface area contributed by atoms with Crippen molar-refractivity contribution < 1.29 is 9.59 Å². The predicted octanol–water partition coefficient (Wildman–Crippen LogP) is 0.545. The van der Waals surface area contributed by atoms with E-state index >= 15 is 0 Å². The van der Waals surface area contributed by atoms with Crippen LogP contribution in [0, 0.1) is 0 Å². The molecule has 1 aromatic carbocycles. The van der Waals surface area contributed by atoms with E-state index in [0.717, 1.165) is 18.8 Å². The van der Waals surface area contributed by atoms with E-state index in [0.29, 0.717) is 32.7 Å². The minimum Gasteiger partial charge on any atom is -0.376 e. The Hall–Kier alpha value is -2.34. The Labute approximate surface area is 137 Å². The van der Waals surface area contributed by atoms with E-state index in [1.54, 1.807) is 6.08 Å². The highest BCUT2D eigenvalue weighted by Gasteiger charge is 2.21. The zero-order valence-electron chi connectivity index (χ0n) is 13.3. The molecule has 2 N–H and O–H groups in total. The Balaban J connectivity index is 1.68. The number of hydrogen-bond acceptors (Lipinski definition) is 4. The van der Waals surface area contributed by atoms with Crippen molar-refractivity contribution in [1.82, 2.24) is 15.1 Å². The van der Waals surface area contributed by atoms with Gasteiger partial charge < -0.3 is 15.5 Å². The molecule has 0 aliphatic carbocycles. The molecule has 6 nitrogen and oxygen atoms in total. The van der Waals surface area contributed by atoms with Gasteiger partial charge >= 0.3 is 0 Å². The normalized spacial score (nSPS) is 15.0. The lowest BCUT2D eigenvalue weighted by Gasteiger charge is -2.34. The molecule has 0 atom stereocenters. The minimum absolute atomic E-state index is 0.00424. The molecular weight excluding hydrogens is 292 g/mol. The summed E-state index contributed by atoms with van der Waals surface area (Å²) in [5, 5.41) is 5.89. The van der Waals surface area contributed by atoms with Crippen LogP contribution in [0.15, 0.2) is 43.0 Å². The Bertz CT molecular complexity index is 525. The monoisotopic (exact) mass is 316 g/mol. The van der Waals surface area contributed by atoms with Crippen molar-refractivity contribution in [1.29, 1.82) is 0 Å². The number of carbonyl (C=O) groups excluding carboxylic acids is 2. The number of para-hydroxylation sites is 1. The number of hydrogen-bond donors (Lipinski definition) is 2. The number of amides is 2. The topological polar surface area (TPSA) is 64.7 Å². The van der Waals surface area contributed by atoms with Crippen LogP contribution in [0.4, 0.5) is 5.69 Å².